The minimum Gasteiger partial charge on any atom is -0.497 e. The van der Waals surface area contributed by atoms with Crippen LogP contribution in [0.5, 0.6) is 11.6 Å². The Morgan fingerprint density at radius 1 is 1.04 bits per heavy atom. The summed E-state index contributed by atoms with van der Waals surface area (Å²) in [5.41, 5.74) is 3.38. The number of nitrogens with zero attached hydrogens (tertiary/aromatic N) is 2. The molecule has 0 bridgehead atoms. The van der Waals surface area contributed by atoms with E-state index in [-0.39, 0.29) is 5.91 Å². The number of carbonyl (C=O) groups is 1. The van der Waals surface area contributed by atoms with E-state index >= 15 is 0 Å². The summed E-state index contributed by atoms with van der Waals surface area (Å²) in [6, 6.07) is 18.6. The Morgan fingerprint density at radius 3 is 2.52 bits per heavy atom. The highest BCUT2D eigenvalue weighted by atomic mass is 16.5. The number of nitrogens with one attached hydrogen (secondary N) is 1. The third-order valence-corrected chi connectivity index (χ3v) is 3.94. The summed E-state index contributed by atoms with van der Waals surface area (Å²) < 4.78 is 10.7. The molecule has 0 fully saturated rings. The standard InChI is InChI=1S/C21H21N3O3/c1-15-4-3-5-17(14-15)21(25)22-12-13-27-20-11-10-19(23-24-20)16-6-8-18(26-2)9-7-16/h3-11,14H,12-13H2,1-2H3,(H,22,25). The molecule has 2 aromatic carbocycles. The number of aromatic nitrogens is 2. The third kappa shape index (κ3) is 5.04. The first-order chi connectivity index (χ1) is 13.2. The molecule has 1 aromatic heterocycles. The van der Waals surface area contributed by atoms with Crippen LogP contribution < -0.4 is 14.8 Å². The van der Waals surface area contributed by atoms with Gasteiger partial charge >= 0.3 is 0 Å². The van der Waals surface area contributed by atoms with Crippen LogP contribution in [0.2, 0.25) is 0 Å². The van der Waals surface area contributed by atoms with Gasteiger partial charge in [0.05, 0.1) is 19.3 Å². The fourth-order valence-electron chi connectivity index (χ4n) is 2.52. The predicted molar refractivity (Wildman–Crippen MR) is 103 cm³/mol. The van der Waals surface area contributed by atoms with E-state index in [4.69, 9.17) is 9.47 Å². The van der Waals surface area contributed by atoms with Gasteiger partial charge in [0.15, 0.2) is 0 Å². The zero-order chi connectivity index (χ0) is 19.1. The highest BCUT2D eigenvalue weighted by molar-refractivity contribution is 5.94. The lowest BCUT2D eigenvalue weighted by Gasteiger charge is -2.08. The van der Waals surface area contributed by atoms with Crippen LogP contribution in [0.4, 0.5) is 0 Å². The van der Waals surface area contributed by atoms with Crippen molar-refractivity contribution in [1.29, 1.82) is 0 Å². The Bertz CT molecular complexity index is 893. The summed E-state index contributed by atoms with van der Waals surface area (Å²) in [6.45, 7) is 2.65. The molecular formula is C21H21N3O3. The number of carbonyl (C=O) groups excluding carboxylic acids is 1. The lowest BCUT2D eigenvalue weighted by atomic mass is 10.1. The van der Waals surface area contributed by atoms with Crippen molar-refractivity contribution in [2.75, 3.05) is 20.3 Å². The molecule has 0 aliphatic rings. The fourth-order valence-corrected chi connectivity index (χ4v) is 2.52. The van der Waals surface area contributed by atoms with Gasteiger partial charge in [0.1, 0.15) is 12.4 Å². The molecule has 0 aliphatic carbocycles. The number of amides is 1. The molecule has 3 rings (SSSR count). The average Bonchev–Trinajstić information content (AvgIpc) is 2.71. The molecule has 0 aliphatic heterocycles. The molecule has 1 heterocycles. The van der Waals surface area contributed by atoms with Gasteiger partial charge in [0, 0.05) is 17.2 Å². The minimum atomic E-state index is -0.122. The van der Waals surface area contributed by atoms with Crippen LogP contribution in [0.25, 0.3) is 11.3 Å². The van der Waals surface area contributed by atoms with E-state index in [1.165, 1.54) is 0 Å². The van der Waals surface area contributed by atoms with E-state index in [9.17, 15) is 4.79 Å². The van der Waals surface area contributed by atoms with E-state index < -0.39 is 0 Å². The van der Waals surface area contributed by atoms with Gasteiger partial charge in [-0.3, -0.25) is 4.79 Å². The molecule has 6 heteroatoms. The van der Waals surface area contributed by atoms with Crippen LogP contribution in [0.1, 0.15) is 15.9 Å². The summed E-state index contributed by atoms with van der Waals surface area (Å²) in [5.74, 6) is 1.08. The number of methoxy groups -OCH3 is 1. The lowest BCUT2D eigenvalue weighted by molar-refractivity contribution is 0.0946. The van der Waals surface area contributed by atoms with Crippen molar-refractivity contribution < 1.29 is 14.3 Å². The second-order valence-corrected chi connectivity index (χ2v) is 5.96. The van der Waals surface area contributed by atoms with Gasteiger partial charge in [-0.15, -0.1) is 10.2 Å². The van der Waals surface area contributed by atoms with Gasteiger partial charge in [-0.1, -0.05) is 17.7 Å². The summed E-state index contributed by atoms with van der Waals surface area (Å²) in [5, 5.41) is 11.1. The molecule has 27 heavy (non-hydrogen) atoms. The van der Waals surface area contributed by atoms with E-state index in [1.807, 2.05) is 55.5 Å². The molecule has 6 nitrogen and oxygen atoms in total. The third-order valence-electron chi connectivity index (χ3n) is 3.94. The van der Waals surface area contributed by atoms with Crippen molar-refractivity contribution in [2.45, 2.75) is 6.92 Å². The van der Waals surface area contributed by atoms with Crippen molar-refractivity contribution in [1.82, 2.24) is 15.5 Å². The Hall–Kier alpha value is -3.41. The first-order valence-corrected chi connectivity index (χ1v) is 8.61. The molecule has 3 aromatic rings. The Morgan fingerprint density at radius 2 is 1.85 bits per heavy atom. The fraction of sp³-hybridized carbons (Fsp3) is 0.190. The highest BCUT2D eigenvalue weighted by Gasteiger charge is 2.05. The van der Waals surface area contributed by atoms with E-state index in [0.29, 0.717) is 24.6 Å². The normalized spacial score (nSPS) is 10.3. The molecule has 0 saturated heterocycles. The van der Waals surface area contributed by atoms with Crippen molar-refractivity contribution in [3.63, 3.8) is 0 Å². The van der Waals surface area contributed by atoms with Gasteiger partial charge in [-0.2, -0.15) is 0 Å². The maximum Gasteiger partial charge on any atom is 0.251 e. The number of hydrogen-bond donors (Lipinski definition) is 1. The SMILES string of the molecule is COc1ccc(-c2ccc(OCCNC(=O)c3cccc(C)c3)nn2)cc1. The lowest BCUT2D eigenvalue weighted by Crippen LogP contribution is -2.28. The summed E-state index contributed by atoms with van der Waals surface area (Å²) >= 11 is 0. The van der Waals surface area contributed by atoms with Crippen molar-refractivity contribution in [3.05, 3.63) is 71.8 Å². The second kappa shape index (κ2) is 8.80. The van der Waals surface area contributed by atoms with Crippen LogP contribution in [-0.4, -0.2) is 36.4 Å². The maximum absolute atomic E-state index is 12.1. The summed E-state index contributed by atoms with van der Waals surface area (Å²) in [4.78, 5) is 12.1. The molecule has 0 atom stereocenters. The average molecular weight is 363 g/mol. The van der Waals surface area contributed by atoms with Crippen LogP contribution in [0.3, 0.4) is 0 Å². The maximum atomic E-state index is 12.1. The monoisotopic (exact) mass is 363 g/mol. The Kier molecular flexibility index (Phi) is 5.99. The zero-order valence-electron chi connectivity index (χ0n) is 15.3. The summed E-state index contributed by atoms with van der Waals surface area (Å²) in [7, 11) is 1.63. The Balaban J connectivity index is 1.48. The molecule has 1 N–H and O–H groups in total. The predicted octanol–water partition coefficient (Wildman–Crippen LogP) is 3.27. The van der Waals surface area contributed by atoms with Crippen LogP contribution >= 0.6 is 0 Å². The number of aryl methyl sites for hydroxylation is 1. The molecule has 0 saturated carbocycles. The number of ether oxygens (including phenoxy) is 2. The smallest absolute Gasteiger partial charge is 0.251 e. The molecule has 0 unspecified atom stereocenters. The molecule has 0 radical (unpaired) electrons. The van der Waals surface area contributed by atoms with Gasteiger partial charge in [0.2, 0.25) is 5.88 Å². The van der Waals surface area contributed by atoms with Crippen molar-refractivity contribution in [3.8, 4) is 22.9 Å². The van der Waals surface area contributed by atoms with Crippen LogP contribution in [0.15, 0.2) is 60.7 Å². The number of rotatable bonds is 7. The number of hydrogen-bond acceptors (Lipinski definition) is 5. The van der Waals surface area contributed by atoms with Gasteiger partial charge in [-0.05, 0) is 49.4 Å². The number of benzene rings is 2. The largest absolute Gasteiger partial charge is 0.497 e. The van der Waals surface area contributed by atoms with Gasteiger partial charge in [0.25, 0.3) is 5.91 Å². The minimum absolute atomic E-state index is 0.122. The van der Waals surface area contributed by atoms with E-state index in [0.717, 1.165) is 22.6 Å². The van der Waals surface area contributed by atoms with E-state index in [1.54, 1.807) is 19.2 Å². The highest BCUT2D eigenvalue weighted by Crippen LogP contribution is 2.20. The van der Waals surface area contributed by atoms with Crippen molar-refractivity contribution in [2.24, 2.45) is 0 Å². The molecule has 138 valence electrons. The molecular weight excluding hydrogens is 342 g/mol. The quantitative estimate of drug-likeness (QED) is 0.652. The first-order valence-electron chi connectivity index (χ1n) is 8.61. The van der Waals surface area contributed by atoms with Crippen molar-refractivity contribution >= 4 is 5.91 Å². The first kappa shape index (κ1) is 18.4. The molecule has 0 spiro atoms. The topological polar surface area (TPSA) is 73.3 Å². The van der Waals surface area contributed by atoms with Crippen LogP contribution in [0, 0.1) is 6.92 Å². The van der Waals surface area contributed by atoms with Gasteiger partial charge in [-0.25, -0.2) is 0 Å². The Labute approximate surface area is 158 Å². The van der Waals surface area contributed by atoms with E-state index in [2.05, 4.69) is 15.5 Å². The van der Waals surface area contributed by atoms with Crippen LogP contribution in [-0.2, 0) is 0 Å². The molecule has 1 amide bonds. The van der Waals surface area contributed by atoms with Gasteiger partial charge < -0.3 is 14.8 Å². The summed E-state index contributed by atoms with van der Waals surface area (Å²) in [6.07, 6.45) is 0. The second-order valence-electron chi connectivity index (χ2n) is 5.96. The zero-order valence-corrected chi connectivity index (χ0v) is 15.3.